The van der Waals surface area contributed by atoms with E-state index in [-0.39, 0.29) is 47.1 Å². The molecule has 1 rings (SSSR count). The molecular weight excluding hydrogens is 312 g/mol. The number of aliphatic hydroxyl groups is 3. The van der Waals surface area contributed by atoms with Gasteiger partial charge in [0.05, 0.1) is 0 Å². The number of hydrogen-bond acceptors (Lipinski definition) is 5. The molecule has 0 heterocycles. The Labute approximate surface area is 140 Å². The van der Waals surface area contributed by atoms with Crippen molar-refractivity contribution in [1.29, 1.82) is 0 Å². The molecule has 0 bridgehead atoms. The number of rotatable bonds is 2. The van der Waals surface area contributed by atoms with Gasteiger partial charge in [-0.15, -0.1) is 0 Å². The standard InChI is InChI=1S/C8H6O3.3C2H6O.Ti/c9-7(8(10)11)6-4-2-1-3-5-6;3*1-2-3;/h1-5H,(H,10,11);3*3H,2H2,1H3;. The zero-order valence-corrected chi connectivity index (χ0v) is 14.2. The molecule has 0 saturated carbocycles. The number of hydrogen-bond donors (Lipinski definition) is 4. The van der Waals surface area contributed by atoms with Crippen molar-refractivity contribution in [2.75, 3.05) is 19.8 Å². The summed E-state index contributed by atoms with van der Waals surface area (Å²) in [5.74, 6) is -2.29. The number of aliphatic hydroxyl groups excluding tert-OH is 3. The molecule has 6 nitrogen and oxygen atoms in total. The van der Waals surface area contributed by atoms with Gasteiger partial charge in [-0.1, -0.05) is 30.3 Å². The molecule has 0 saturated heterocycles. The Morgan fingerprint density at radius 2 is 1.14 bits per heavy atom. The molecule has 7 heteroatoms. The van der Waals surface area contributed by atoms with Gasteiger partial charge in [-0.3, -0.25) is 4.79 Å². The van der Waals surface area contributed by atoms with Gasteiger partial charge in [0.15, 0.2) is 0 Å². The van der Waals surface area contributed by atoms with Crippen LogP contribution in [0.3, 0.4) is 0 Å². The first-order valence-corrected chi connectivity index (χ1v) is 6.11. The normalized spacial score (nSPS) is 7.33. The van der Waals surface area contributed by atoms with Crippen molar-refractivity contribution in [2.24, 2.45) is 0 Å². The summed E-state index contributed by atoms with van der Waals surface area (Å²) in [5, 5.41) is 31.0. The maximum Gasteiger partial charge on any atom is 0.377 e. The molecule has 21 heavy (non-hydrogen) atoms. The zero-order valence-electron chi connectivity index (χ0n) is 12.6. The van der Waals surface area contributed by atoms with Gasteiger partial charge in [0.1, 0.15) is 0 Å². The van der Waals surface area contributed by atoms with E-state index in [1.54, 1.807) is 39.0 Å². The predicted molar refractivity (Wildman–Crippen MR) is 76.7 cm³/mol. The minimum atomic E-state index is -1.42. The summed E-state index contributed by atoms with van der Waals surface area (Å²) in [5.41, 5.74) is 0.208. The van der Waals surface area contributed by atoms with Gasteiger partial charge in [0.2, 0.25) is 0 Å². The molecule has 0 aliphatic carbocycles. The molecule has 0 aliphatic rings. The largest absolute Gasteiger partial charge is 0.475 e. The van der Waals surface area contributed by atoms with Crippen LogP contribution >= 0.6 is 0 Å². The predicted octanol–water partition coefficient (Wildman–Crippen LogP) is 0.947. The third-order valence-electron chi connectivity index (χ3n) is 1.23. The van der Waals surface area contributed by atoms with E-state index in [1.165, 1.54) is 12.1 Å². The van der Waals surface area contributed by atoms with Gasteiger partial charge < -0.3 is 20.4 Å². The number of carbonyl (C=O) groups is 2. The Morgan fingerprint density at radius 1 is 0.857 bits per heavy atom. The average Bonchev–Trinajstić information content (AvgIpc) is 2.41. The molecule has 0 aliphatic heterocycles. The van der Waals surface area contributed by atoms with Gasteiger partial charge in [-0.05, 0) is 20.8 Å². The number of ketones is 1. The molecule has 1 aromatic rings. The van der Waals surface area contributed by atoms with E-state index in [0.717, 1.165) is 0 Å². The Bertz CT molecular complexity index is 325. The number of aliphatic carboxylic acids is 1. The summed E-state index contributed by atoms with van der Waals surface area (Å²) in [7, 11) is 0. The first-order valence-electron chi connectivity index (χ1n) is 6.11. The Hall–Kier alpha value is -1.05. The molecule has 0 amide bonds. The van der Waals surface area contributed by atoms with Gasteiger partial charge in [0, 0.05) is 47.1 Å². The van der Waals surface area contributed by atoms with Crippen LogP contribution in [0.4, 0.5) is 0 Å². The molecular formula is C14H24O6Ti. The van der Waals surface area contributed by atoms with Crippen molar-refractivity contribution in [3.05, 3.63) is 35.9 Å². The van der Waals surface area contributed by atoms with Crippen molar-refractivity contribution in [3.8, 4) is 0 Å². The van der Waals surface area contributed by atoms with Crippen LogP contribution in [0.5, 0.6) is 0 Å². The molecule has 0 unspecified atom stereocenters. The fraction of sp³-hybridized carbons (Fsp3) is 0.429. The monoisotopic (exact) mass is 336 g/mol. The van der Waals surface area contributed by atoms with Gasteiger partial charge in [-0.2, -0.15) is 0 Å². The fourth-order valence-electron chi connectivity index (χ4n) is 0.713. The van der Waals surface area contributed by atoms with E-state index in [4.69, 9.17) is 20.4 Å². The first kappa shape index (κ1) is 28.2. The van der Waals surface area contributed by atoms with E-state index in [1.807, 2.05) is 0 Å². The van der Waals surface area contributed by atoms with E-state index in [2.05, 4.69) is 0 Å². The summed E-state index contributed by atoms with van der Waals surface area (Å²) >= 11 is 0. The second kappa shape index (κ2) is 24.0. The molecule has 0 spiro atoms. The van der Waals surface area contributed by atoms with Crippen LogP contribution in [0.25, 0.3) is 0 Å². The topological polar surface area (TPSA) is 115 Å². The van der Waals surface area contributed by atoms with Crippen molar-refractivity contribution in [2.45, 2.75) is 20.8 Å². The number of benzene rings is 1. The summed E-state index contributed by atoms with van der Waals surface area (Å²) in [6, 6.07) is 7.90. The Balaban J connectivity index is -0.000000122. The maximum absolute atomic E-state index is 10.7. The van der Waals surface area contributed by atoms with Crippen molar-refractivity contribution in [1.82, 2.24) is 0 Å². The van der Waals surface area contributed by atoms with Crippen LogP contribution < -0.4 is 0 Å². The van der Waals surface area contributed by atoms with E-state index < -0.39 is 11.8 Å². The quantitative estimate of drug-likeness (QED) is 0.363. The molecule has 0 fully saturated rings. The van der Waals surface area contributed by atoms with Crippen LogP contribution in [0, 0.1) is 0 Å². The van der Waals surface area contributed by atoms with Gasteiger partial charge in [0.25, 0.3) is 5.78 Å². The van der Waals surface area contributed by atoms with E-state index in [9.17, 15) is 9.59 Å². The van der Waals surface area contributed by atoms with Gasteiger partial charge >= 0.3 is 5.97 Å². The summed E-state index contributed by atoms with van der Waals surface area (Å²) in [4.78, 5) is 20.9. The second-order valence-corrected chi connectivity index (χ2v) is 2.95. The number of carbonyl (C=O) groups excluding carboxylic acids is 1. The first-order chi connectivity index (χ1) is 9.46. The van der Waals surface area contributed by atoms with E-state index in [0.29, 0.717) is 0 Å². The van der Waals surface area contributed by atoms with Crippen LogP contribution in [0.15, 0.2) is 30.3 Å². The zero-order chi connectivity index (χ0) is 16.4. The third-order valence-corrected chi connectivity index (χ3v) is 1.23. The Morgan fingerprint density at radius 3 is 1.38 bits per heavy atom. The smallest absolute Gasteiger partial charge is 0.377 e. The second-order valence-electron chi connectivity index (χ2n) is 2.95. The van der Waals surface area contributed by atoms with E-state index >= 15 is 0 Å². The average molecular weight is 336 g/mol. The third kappa shape index (κ3) is 24.4. The SMILES string of the molecule is CCO.CCO.CCO.O=C(O)C(=O)c1ccccc1.[Ti]. The van der Waals surface area contributed by atoms with Crippen LogP contribution in [0.1, 0.15) is 31.1 Å². The molecule has 0 atom stereocenters. The minimum Gasteiger partial charge on any atom is -0.475 e. The van der Waals surface area contributed by atoms with Crippen molar-refractivity contribution >= 4 is 11.8 Å². The fourth-order valence-corrected chi connectivity index (χ4v) is 0.713. The van der Waals surface area contributed by atoms with Crippen molar-refractivity contribution in [3.63, 3.8) is 0 Å². The molecule has 4 N–H and O–H groups in total. The van der Waals surface area contributed by atoms with Crippen LogP contribution in [-0.4, -0.2) is 52.0 Å². The van der Waals surface area contributed by atoms with Gasteiger partial charge in [-0.25, -0.2) is 4.79 Å². The Kier molecular flexibility index (Phi) is 32.2. The molecule has 0 radical (unpaired) electrons. The van der Waals surface area contributed by atoms with Crippen LogP contribution in [0.2, 0.25) is 0 Å². The minimum absolute atomic E-state index is 0. The molecule has 120 valence electrons. The summed E-state index contributed by atoms with van der Waals surface area (Å²) in [6.45, 7) is 5.79. The molecule has 1 aromatic carbocycles. The van der Waals surface area contributed by atoms with Crippen LogP contribution in [-0.2, 0) is 26.5 Å². The number of carboxylic acids is 1. The van der Waals surface area contributed by atoms with Crippen molar-refractivity contribution < 1.29 is 51.7 Å². The number of Topliss-reactive ketones (excluding diaryl/α,β-unsaturated/α-hetero) is 1. The summed E-state index contributed by atoms with van der Waals surface area (Å²) < 4.78 is 0. The summed E-state index contributed by atoms with van der Waals surface area (Å²) in [6.07, 6.45) is 0. The number of carboxylic acid groups (broad SMARTS) is 1. The molecule has 0 aromatic heterocycles. The maximum atomic E-state index is 10.7.